The summed E-state index contributed by atoms with van der Waals surface area (Å²) in [7, 11) is 2.06. The van der Waals surface area contributed by atoms with Gasteiger partial charge in [0, 0.05) is 7.05 Å². The smallest absolute Gasteiger partial charge is 0.123 e. The third-order valence-electron chi connectivity index (χ3n) is 2.46. The van der Waals surface area contributed by atoms with Gasteiger partial charge in [0.2, 0.25) is 0 Å². The zero-order valence-corrected chi connectivity index (χ0v) is 9.95. The van der Waals surface area contributed by atoms with Crippen molar-refractivity contribution in [2.45, 2.75) is 18.2 Å². The van der Waals surface area contributed by atoms with Crippen LogP contribution in [0.5, 0.6) is 0 Å². The predicted octanol–water partition coefficient (Wildman–Crippen LogP) is 3.42. The average Bonchev–Trinajstić information content (AvgIpc) is 2.56. The topological polar surface area (TPSA) is 17.8 Å². The number of para-hydroxylation sites is 2. The van der Waals surface area contributed by atoms with Gasteiger partial charge in [0.05, 0.1) is 15.9 Å². The van der Waals surface area contributed by atoms with Gasteiger partial charge in [-0.05, 0) is 18.6 Å². The highest BCUT2D eigenvalue weighted by Crippen LogP contribution is 2.27. The summed E-state index contributed by atoms with van der Waals surface area (Å²) >= 11 is 3.63. The van der Waals surface area contributed by atoms with Gasteiger partial charge in [0.25, 0.3) is 0 Å². The summed E-state index contributed by atoms with van der Waals surface area (Å²) in [4.78, 5) is 4.95. The van der Waals surface area contributed by atoms with Gasteiger partial charge < -0.3 is 4.57 Å². The molecule has 0 aliphatic rings. The lowest BCUT2D eigenvalue weighted by molar-refractivity contribution is 0.767. The molecule has 0 radical (unpaired) electrons. The number of nitrogens with zero attached hydrogens (tertiary/aromatic N) is 2. The van der Waals surface area contributed by atoms with E-state index in [0.29, 0.717) is 4.83 Å². The van der Waals surface area contributed by atoms with Crippen LogP contribution in [0.3, 0.4) is 0 Å². The van der Waals surface area contributed by atoms with E-state index in [-0.39, 0.29) is 0 Å². The highest BCUT2D eigenvalue weighted by atomic mass is 79.9. The molecular weight excluding hydrogens is 240 g/mol. The summed E-state index contributed by atoms with van der Waals surface area (Å²) in [5.41, 5.74) is 2.27. The van der Waals surface area contributed by atoms with E-state index < -0.39 is 0 Å². The maximum absolute atomic E-state index is 4.60. The minimum Gasteiger partial charge on any atom is -0.330 e. The summed E-state index contributed by atoms with van der Waals surface area (Å²) in [6.07, 6.45) is 1.05. The molecule has 0 amide bonds. The van der Waals surface area contributed by atoms with Gasteiger partial charge in [0.1, 0.15) is 5.82 Å². The monoisotopic (exact) mass is 252 g/mol. The first-order valence-electron chi connectivity index (χ1n) is 4.79. The molecular formula is C11H13BrN2. The standard InChI is InChI=1S/C11H13BrN2/c1-3-8(12)11-13-9-6-4-5-7-10(9)14(11)2/h4-8H,3H2,1-2H3. The fraction of sp³-hybridized carbons (Fsp3) is 0.364. The molecule has 2 aromatic rings. The molecule has 1 unspecified atom stereocenters. The second kappa shape index (κ2) is 3.73. The Labute approximate surface area is 92.1 Å². The maximum atomic E-state index is 4.60. The van der Waals surface area contributed by atoms with E-state index in [0.717, 1.165) is 17.8 Å². The Hall–Kier alpha value is -0.830. The number of aryl methyl sites for hydroxylation is 1. The van der Waals surface area contributed by atoms with Crippen LogP contribution < -0.4 is 0 Å². The zero-order chi connectivity index (χ0) is 10.1. The van der Waals surface area contributed by atoms with Crippen LogP contribution in [-0.4, -0.2) is 9.55 Å². The number of rotatable bonds is 2. The Bertz CT molecular complexity index is 447. The van der Waals surface area contributed by atoms with Crippen LogP contribution in [0.25, 0.3) is 11.0 Å². The number of halogens is 1. The fourth-order valence-corrected chi connectivity index (χ4v) is 2.04. The molecule has 0 saturated heterocycles. The third kappa shape index (κ3) is 1.46. The molecule has 3 heteroatoms. The van der Waals surface area contributed by atoms with Crippen LogP contribution in [0.2, 0.25) is 0 Å². The van der Waals surface area contributed by atoms with Crippen LogP contribution in [0.15, 0.2) is 24.3 Å². The lowest BCUT2D eigenvalue weighted by Gasteiger charge is -2.06. The Morgan fingerprint density at radius 1 is 1.43 bits per heavy atom. The molecule has 0 spiro atoms. The van der Waals surface area contributed by atoms with E-state index >= 15 is 0 Å². The summed E-state index contributed by atoms with van der Waals surface area (Å²) in [5.74, 6) is 1.11. The minimum absolute atomic E-state index is 0.347. The van der Waals surface area contributed by atoms with E-state index in [1.54, 1.807) is 0 Å². The van der Waals surface area contributed by atoms with Crippen LogP contribution in [-0.2, 0) is 7.05 Å². The Kier molecular flexibility index (Phi) is 2.59. The van der Waals surface area contributed by atoms with E-state index in [1.807, 2.05) is 18.2 Å². The number of hydrogen-bond acceptors (Lipinski definition) is 1. The number of benzene rings is 1. The van der Waals surface area contributed by atoms with E-state index in [4.69, 9.17) is 0 Å². The van der Waals surface area contributed by atoms with E-state index in [2.05, 4.69) is 45.5 Å². The molecule has 1 atom stereocenters. The number of fused-ring (bicyclic) bond motifs is 1. The molecule has 0 saturated carbocycles. The van der Waals surface area contributed by atoms with Gasteiger partial charge >= 0.3 is 0 Å². The molecule has 0 N–H and O–H groups in total. The molecule has 2 rings (SSSR count). The molecule has 14 heavy (non-hydrogen) atoms. The van der Waals surface area contributed by atoms with Crippen molar-refractivity contribution in [1.29, 1.82) is 0 Å². The first kappa shape index (κ1) is 9.71. The van der Waals surface area contributed by atoms with Gasteiger partial charge in [-0.3, -0.25) is 0 Å². The molecule has 1 aromatic carbocycles. The number of aromatic nitrogens is 2. The van der Waals surface area contributed by atoms with Crippen molar-refractivity contribution in [3.8, 4) is 0 Å². The predicted molar refractivity (Wildman–Crippen MR) is 62.7 cm³/mol. The molecule has 0 fully saturated rings. The molecule has 0 aliphatic carbocycles. The summed E-state index contributed by atoms with van der Waals surface area (Å²) < 4.78 is 2.15. The van der Waals surface area contributed by atoms with Gasteiger partial charge in [-0.15, -0.1) is 0 Å². The molecule has 2 nitrogen and oxygen atoms in total. The number of hydrogen-bond donors (Lipinski definition) is 0. The SMILES string of the molecule is CCC(Br)c1nc2ccccc2n1C. The number of imidazole rings is 1. The second-order valence-electron chi connectivity index (χ2n) is 3.39. The fourth-order valence-electron chi connectivity index (χ4n) is 1.63. The maximum Gasteiger partial charge on any atom is 0.123 e. The van der Waals surface area contributed by atoms with Crippen molar-refractivity contribution in [3.05, 3.63) is 30.1 Å². The van der Waals surface area contributed by atoms with Gasteiger partial charge in [-0.1, -0.05) is 35.0 Å². The summed E-state index contributed by atoms with van der Waals surface area (Å²) in [5, 5.41) is 0. The highest BCUT2D eigenvalue weighted by molar-refractivity contribution is 9.09. The van der Waals surface area contributed by atoms with E-state index in [1.165, 1.54) is 5.52 Å². The van der Waals surface area contributed by atoms with Gasteiger partial charge in [0.15, 0.2) is 0 Å². The normalized spacial score (nSPS) is 13.4. The van der Waals surface area contributed by atoms with Crippen LogP contribution in [0.1, 0.15) is 24.0 Å². The Morgan fingerprint density at radius 2 is 2.14 bits per heavy atom. The second-order valence-corrected chi connectivity index (χ2v) is 4.50. The van der Waals surface area contributed by atoms with Crippen molar-refractivity contribution in [1.82, 2.24) is 9.55 Å². The van der Waals surface area contributed by atoms with Crippen LogP contribution in [0, 0.1) is 0 Å². The molecule has 0 aliphatic heterocycles. The van der Waals surface area contributed by atoms with Crippen LogP contribution >= 0.6 is 15.9 Å². The highest BCUT2D eigenvalue weighted by Gasteiger charge is 2.13. The van der Waals surface area contributed by atoms with E-state index in [9.17, 15) is 0 Å². The third-order valence-corrected chi connectivity index (χ3v) is 3.52. The Balaban J connectivity index is 2.62. The molecule has 0 bridgehead atoms. The van der Waals surface area contributed by atoms with Crippen molar-refractivity contribution in [2.24, 2.45) is 7.05 Å². The first-order chi connectivity index (χ1) is 6.74. The minimum atomic E-state index is 0.347. The Morgan fingerprint density at radius 3 is 2.79 bits per heavy atom. The van der Waals surface area contributed by atoms with Crippen LogP contribution in [0.4, 0.5) is 0 Å². The van der Waals surface area contributed by atoms with Gasteiger partial charge in [-0.2, -0.15) is 0 Å². The zero-order valence-electron chi connectivity index (χ0n) is 8.37. The summed E-state index contributed by atoms with van der Waals surface area (Å²) in [6.45, 7) is 2.15. The quantitative estimate of drug-likeness (QED) is 0.750. The van der Waals surface area contributed by atoms with Crippen molar-refractivity contribution >= 4 is 27.0 Å². The summed E-state index contributed by atoms with van der Waals surface area (Å²) in [6, 6.07) is 8.21. The van der Waals surface area contributed by atoms with Crippen molar-refractivity contribution in [2.75, 3.05) is 0 Å². The largest absolute Gasteiger partial charge is 0.330 e. The van der Waals surface area contributed by atoms with Gasteiger partial charge in [-0.25, -0.2) is 4.98 Å². The van der Waals surface area contributed by atoms with Crippen molar-refractivity contribution in [3.63, 3.8) is 0 Å². The average molecular weight is 253 g/mol. The lowest BCUT2D eigenvalue weighted by atomic mass is 10.3. The molecule has 1 aromatic heterocycles. The first-order valence-corrected chi connectivity index (χ1v) is 5.71. The number of alkyl halides is 1. The molecule has 1 heterocycles. The van der Waals surface area contributed by atoms with Crippen molar-refractivity contribution < 1.29 is 0 Å². The molecule has 74 valence electrons. The lowest BCUT2D eigenvalue weighted by Crippen LogP contribution is -1.99.